The fourth-order valence-corrected chi connectivity index (χ4v) is 2.70. The number of hydrogen-bond acceptors (Lipinski definition) is 3. The van der Waals surface area contributed by atoms with Crippen molar-refractivity contribution in [1.82, 2.24) is 9.03 Å². The molecule has 6 heteroatoms. The molecule has 14 heavy (non-hydrogen) atoms. The molecule has 0 aliphatic carbocycles. The van der Waals surface area contributed by atoms with Gasteiger partial charge in [0.15, 0.2) is 0 Å². The van der Waals surface area contributed by atoms with Crippen LogP contribution in [0, 0.1) is 0 Å². The molecule has 1 rings (SSSR count). The van der Waals surface area contributed by atoms with E-state index >= 15 is 0 Å². The Bertz CT molecular complexity index is 294. The second kappa shape index (κ2) is 4.86. The van der Waals surface area contributed by atoms with Gasteiger partial charge < -0.3 is 0 Å². The molecule has 0 aromatic rings. The second-order valence-corrected chi connectivity index (χ2v) is 5.24. The van der Waals surface area contributed by atoms with E-state index in [1.54, 1.807) is 0 Å². The van der Waals surface area contributed by atoms with Crippen molar-refractivity contribution in [3.05, 3.63) is 0 Å². The van der Waals surface area contributed by atoms with Crippen molar-refractivity contribution in [1.29, 1.82) is 0 Å². The summed E-state index contributed by atoms with van der Waals surface area (Å²) in [6.07, 6.45) is 2.89. The first-order chi connectivity index (χ1) is 6.52. The fraction of sp³-hybridized carbons (Fsp3) is 0.875. The molecule has 1 aliphatic heterocycles. The molecule has 1 fully saturated rings. The highest BCUT2D eigenvalue weighted by atomic mass is 32.2. The molecule has 0 unspecified atom stereocenters. The standard InChI is InChI=1S/C8H16N2O3S/c1-8(11)7-9-14(12,13)10-5-3-2-4-6-10/h9H,2-7H2,1H3. The SMILES string of the molecule is CC(=O)CNS(=O)(=O)N1CCCCC1. The summed E-state index contributed by atoms with van der Waals surface area (Å²) in [5.74, 6) is -0.175. The Balaban J connectivity index is 2.50. The van der Waals surface area contributed by atoms with Gasteiger partial charge in [-0.1, -0.05) is 6.42 Å². The van der Waals surface area contributed by atoms with E-state index in [4.69, 9.17) is 0 Å². The zero-order valence-corrected chi connectivity index (χ0v) is 9.14. The van der Waals surface area contributed by atoms with E-state index < -0.39 is 10.2 Å². The van der Waals surface area contributed by atoms with E-state index in [0.717, 1.165) is 19.3 Å². The molecular weight excluding hydrogens is 204 g/mol. The van der Waals surface area contributed by atoms with Crippen LogP contribution in [0.1, 0.15) is 26.2 Å². The summed E-state index contributed by atoms with van der Waals surface area (Å²) in [5, 5.41) is 0. The van der Waals surface area contributed by atoms with Crippen LogP contribution in [0.15, 0.2) is 0 Å². The number of carbonyl (C=O) groups is 1. The monoisotopic (exact) mass is 220 g/mol. The summed E-state index contributed by atoms with van der Waals surface area (Å²) in [4.78, 5) is 10.6. The van der Waals surface area contributed by atoms with Crippen LogP contribution in [0.5, 0.6) is 0 Å². The number of carbonyl (C=O) groups excluding carboxylic acids is 1. The molecule has 0 amide bonds. The second-order valence-electron chi connectivity index (χ2n) is 3.49. The number of piperidine rings is 1. The maximum atomic E-state index is 11.6. The van der Waals surface area contributed by atoms with Crippen molar-refractivity contribution in [3.8, 4) is 0 Å². The summed E-state index contributed by atoms with van der Waals surface area (Å²) in [5.41, 5.74) is 0. The van der Waals surface area contributed by atoms with Crippen LogP contribution in [0.4, 0.5) is 0 Å². The first-order valence-corrected chi connectivity index (χ1v) is 6.20. The highest BCUT2D eigenvalue weighted by Gasteiger charge is 2.23. The van der Waals surface area contributed by atoms with E-state index in [9.17, 15) is 13.2 Å². The predicted molar refractivity (Wildman–Crippen MR) is 53.0 cm³/mol. The minimum absolute atomic E-state index is 0.112. The summed E-state index contributed by atoms with van der Waals surface area (Å²) in [6.45, 7) is 2.37. The lowest BCUT2D eigenvalue weighted by Gasteiger charge is -2.25. The Hall–Kier alpha value is -0.460. The molecule has 1 N–H and O–H groups in total. The first kappa shape index (κ1) is 11.6. The molecule has 5 nitrogen and oxygen atoms in total. The molecule has 82 valence electrons. The average molecular weight is 220 g/mol. The Morgan fingerprint density at radius 3 is 2.36 bits per heavy atom. The van der Waals surface area contributed by atoms with Gasteiger partial charge in [-0.05, 0) is 19.8 Å². The lowest BCUT2D eigenvalue weighted by Crippen LogP contribution is -2.44. The Kier molecular flexibility index (Phi) is 4.03. The molecule has 1 saturated heterocycles. The van der Waals surface area contributed by atoms with Gasteiger partial charge in [-0.2, -0.15) is 17.4 Å². The van der Waals surface area contributed by atoms with Gasteiger partial charge in [0.25, 0.3) is 10.2 Å². The summed E-state index contributed by atoms with van der Waals surface area (Å²) >= 11 is 0. The average Bonchev–Trinajstić information content (AvgIpc) is 2.16. The van der Waals surface area contributed by atoms with Crippen molar-refractivity contribution in [3.63, 3.8) is 0 Å². The lowest BCUT2D eigenvalue weighted by molar-refractivity contribution is -0.115. The van der Waals surface area contributed by atoms with Crippen molar-refractivity contribution >= 4 is 16.0 Å². The van der Waals surface area contributed by atoms with E-state index in [1.807, 2.05) is 0 Å². The van der Waals surface area contributed by atoms with E-state index in [1.165, 1.54) is 11.2 Å². The van der Waals surface area contributed by atoms with Gasteiger partial charge in [-0.25, -0.2) is 0 Å². The third-order valence-corrected chi connectivity index (χ3v) is 3.71. The molecule has 0 radical (unpaired) electrons. The van der Waals surface area contributed by atoms with Gasteiger partial charge in [-0.15, -0.1) is 0 Å². The zero-order chi connectivity index (χ0) is 10.6. The van der Waals surface area contributed by atoms with Crippen LogP contribution in [0.2, 0.25) is 0 Å². The maximum absolute atomic E-state index is 11.6. The third-order valence-electron chi connectivity index (χ3n) is 2.16. The van der Waals surface area contributed by atoms with Crippen LogP contribution in [-0.4, -0.2) is 38.1 Å². The quantitative estimate of drug-likeness (QED) is 0.719. The van der Waals surface area contributed by atoms with Gasteiger partial charge in [0.1, 0.15) is 5.78 Å². The number of ketones is 1. The third kappa shape index (κ3) is 3.36. The molecule has 0 aromatic carbocycles. The smallest absolute Gasteiger partial charge is 0.279 e. The number of Topliss-reactive ketones (excluding diaryl/α,β-unsaturated/α-hetero) is 1. The highest BCUT2D eigenvalue weighted by Crippen LogP contribution is 2.11. The zero-order valence-electron chi connectivity index (χ0n) is 8.32. The molecule has 1 heterocycles. The normalized spacial score (nSPS) is 19.5. The van der Waals surface area contributed by atoms with E-state index in [0.29, 0.717) is 13.1 Å². The van der Waals surface area contributed by atoms with Gasteiger partial charge in [0, 0.05) is 13.1 Å². The number of nitrogens with one attached hydrogen (secondary N) is 1. The van der Waals surface area contributed by atoms with Crippen LogP contribution < -0.4 is 4.72 Å². The fourth-order valence-electron chi connectivity index (χ4n) is 1.39. The molecule has 0 saturated carbocycles. The van der Waals surface area contributed by atoms with Crippen LogP contribution in [0.25, 0.3) is 0 Å². The molecule has 1 aliphatic rings. The van der Waals surface area contributed by atoms with Gasteiger partial charge in [0.05, 0.1) is 6.54 Å². The Morgan fingerprint density at radius 1 is 1.29 bits per heavy atom. The summed E-state index contributed by atoms with van der Waals surface area (Å²) < 4.78 is 26.8. The largest absolute Gasteiger partial charge is 0.299 e. The van der Waals surface area contributed by atoms with E-state index in [2.05, 4.69) is 4.72 Å². The minimum atomic E-state index is -3.42. The molecule has 0 bridgehead atoms. The molecule has 0 spiro atoms. The van der Waals surface area contributed by atoms with Crippen molar-refractivity contribution in [2.75, 3.05) is 19.6 Å². The Morgan fingerprint density at radius 2 is 1.86 bits per heavy atom. The number of hydrogen-bond donors (Lipinski definition) is 1. The molecule has 0 atom stereocenters. The maximum Gasteiger partial charge on any atom is 0.279 e. The first-order valence-electron chi connectivity index (χ1n) is 4.76. The summed E-state index contributed by atoms with van der Waals surface area (Å²) in [7, 11) is -3.42. The van der Waals surface area contributed by atoms with Gasteiger partial charge in [-0.3, -0.25) is 4.79 Å². The number of rotatable bonds is 4. The van der Waals surface area contributed by atoms with Crippen molar-refractivity contribution in [2.24, 2.45) is 0 Å². The van der Waals surface area contributed by atoms with Crippen LogP contribution in [0.3, 0.4) is 0 Å². The van der Waals surface area contributed by atoms with Crippen molar-refractivity contribution < 1.29 is 13.2 Å². The highest BCUT2D eigenvalue weighted by molar-refractivity contribution is 7.87. The summed E-state index contributed by atoms with van der Waals surface area (Å²) in [6, 6.07) is 0. The number of nitrogens with zero attached hydrogens (tertiary/aromatic N) is 1. The topological polar surface area (TPSA) is 66.5 Å². The van der Waals surface area contributed by atoms with E-state index in [-0.39, 0.29) is 12.3 Å². The molecule has 0 aromatic heterocycles. The van der Waals surface area contributed by atoms with Gasteiger partial charge >= 0.3 is 0 Å². The van der Waals surface area contributed by atoms with Gasteiger partial charge in [0.2, 0.25) is 0 Å². The molecular formula is C8H16N2O3S. The van der Waals surface area contributed by atoms with Crippen molar-refractivity contribution in [2.45, 2.75) is 26.2 Å². The predicted octanol–water partition coefficient (Wildman–Crippen LogP) is -0.104. The van der Waals surface area contributed by atoms with Crippen LogP contribution in [-0.2, 0) is 15.0 Å². The van der Waals surface area contributed by atoms with Crippen LogP contribution >= 0.6 is 0 Å². The lowest BCUT2D eigenvalue weighted by atomic mass is 10.2. The minimum Gasteiger partial charge on any atom is -0.299 e. The Labute approximate surface area is 84.7 Å².